The Morgan fingerprint density at radius 2 is 1.83 bits per heavy atom. The van der Waals surface area contributed by atoms with E-state index in [1.165, 1.54) is 0 Å². The number of thiocarbonyl (C=S) groups is 1. The van der Waals surface area contributed by atoms with E-state index in [1.807, 2.05) is 49.4 Å². The third-order valence-corrected chi connectivity index (χ3v) is 2.96. The second-order valence-corrected chi connectivity index (χ2v) is 5.07. The average Bonchev–Trinajstić information content (AvgIpc) is 2.32. The molecule has 0 saturated carbocycles. The van der Waals surface area contributed by atoms with Crippen molar-refractivity contribution in [2.75, 3.05) is 10.6 Å². The highest BCUT2D eigenvalue weighted by Gasteiger charge is 2.00. The first-order chi connectivity index (χ1) is 8.63. The van der Waals surface area contributed by atoms with Crippen LogP contribution in [0.1, 0.15) is 5.69 Å². The van der Waals surface area contributed by atoms with Gasteiger partial charge in [0, 0.05) is 15.9 Å². The molecule has 3 nitrogen and oxygen atoms in total. The van der Waals surface area contributed by atoms with E-state index in [0.717, 1.165) is 21.7 Å². The maximum Gasteiger partial charge on any atom is 0.176 e. The number of pyridine rings is 1. The van der Waals surface area contributed by atoms with Crippen LogP contribution in [0.15, 0.2) is 46.9 Å². The molecule has 0 radical (unpaired) electrons. The van der Waals surface area contributed by atoms with Crippen molar-refractivity contribution in [1.82, 2.24) is 4.98 Å². The van der Waals surface area contributed by atoms with Crippen LogP contribution in [-0.2, 0) is 0 Å². The number of hydrogen-bond donors (Lipinski definition) is 2. The minimum Gasteiger partial charge on any atom is -0.332 e. The fourth-order valence-electron chi connectivity index (χ4n) is 1.42. The van der Waals surface area contributed by atoms with Gasteiger partial charge in [-0.25, -0.2) is 4.98 Å². The highest BCUT2D eigenvalue weighted by atomic mass is 79.9. The van der Waals surface area contributed by atoms with Gasteiger partial charge in [-0.05, 0) is 55.5 Å². The number of hydrogen-bond acceptors (Lipinski definition) is 2. The second kappa shape index (κ2) is 5.93. The fraction of sp³-hybridized carbons (Fsp3) is 0.0769. The van der Waals surface area contributed by atoms with Gasteiger partial charge in [0.25, 0.3) is 0 Å². The van der Waals surface area contributed by atoms with Gasteiger partial charge in [0.15, 0.2) is 5.11 Å². The Labute approximate surface area is 120 Å². The van der Waals surface area contributed by atoms with Crippen molar-refractivity contribution < 1.29 is 0 Å². The van der Waals surface area contributed by atoms with E-state index < -0.39 is 0 Å². The predicted molar refractivity (Wildman–Crippen MR) is 83.0 cm³/mol. The maximum atomic E-state index is 5.22. The molecule has 0 fully saturated rings. The van der Waals surface area contributed by atoms with Crippen LogP contribution in [0.25, 0.3) is 0 Å². The van der Waals surface area contributed by atoms with Crippen molar-refractivity contribution >= 4 is 44.8 Å². The summed E-state index contributed by atoms with van der Waals surface area (Å²) in [5.74, 6) is 0.740. The lowest BCUT2D eigenvalue weighted by molar-refractivity contribution is 1.21. The van der Waals surface area contributed by atoms with Gasteiger partial charge in [-0.2, -0.15) is 0 Å². The van der Waals surface area contributed by atoms with Gasteiger partial charge in [0.05, 0.1) is 0 Å². The molecule has 0 amide bonds. The summed E-state index contributed by atoms with van der Waals surface area (Å²) in [7, 11) is 0. The first-order valence-corrected chi connectivity index (χ1v) is 6.61. The summed E-state index contributed by atoms with van der Waals surface area (Å²) >= 11 is 8.61. The molecule has 0 aliphatic heterocycles. The summed E-state index contributed by atoms with van der Waals surface area (Å²) in [5.41, 5.74) is 1.88. The highest BCUT2D eigenvalue weighted by molar-refractivity contribution is 9.10. The van der Waals surface area contributed by atoms with E-state index >= 15 is 0 Å². The largest absolute Gasteiger partial charge is 0.332 e. The van der Waals surface area contributed by atoms with Gasteiger partial charge >= 0.3 is 0 Å². The number of nitrogens with one attached hydrogen (secondary N) is 2. The Balaban J connectivity index is 1.98. The van der Waals surface area contributed by atoms with Crippen LogP contribution >= 0.6 is 28.1 Å². The molecule has 1 aromatic heterocycles. The predicted octanol–water partition coefficient (Wildman–Crippen LogP) is 3.96. The molecule has 5 heteroatoms. The molecule has 0 saturated heterocycles. The van der Waals surface area contributed by atoms with Gasteiger partial charge in [-0.3, -0.25) is 0 Å². The summed E-state index contributed by atoms with van der Waals surface area (Å²) in [6.07, 6.45) is 0. The van der Waals surface area contributed by atoms with Crippen molar-refractivity contribution in [2.24, 2.45) is 0 Å². The second-order valence-electron chi connectivity index (χ2n) is 3.75. The van der Waals surface area contributed by atoms with Crippen LogP contribution in [0.5, 0.6) is 0 Å². The molecule has 2 aromatic rings. The molecule has 0 aliphatic rings. The topological polar surface area (TPSA) is 37.0 Å². The normalized spacial score (nSPS) is 9.89. The van der Waals surface area contributed by atoms with Crippen LogP contribution in [-0.4, -0.2) is 10.1 Å². The molecule has 1 heterocycles. The van der Waals surface area contributed by atoms with Crippen LogP contribution in [0, 0.1) is 6.92 Å². The van der Waals surface area contributed by atoms with Crippen LogP contribution < -0.4 is 10.6 Å². The highest BCUT2D eigenvalue weighted by Crippen LogP contribution is 2.14. The Hall–Kier alpha value is -1.46. The number of rotatable bonds is 2. The van der Waals surface area contributed by atoms with Gasteiger partial charge in [-0.15, -0.1) is 0 Å². The number of benzene rings is 1. The van der Waals surface area contributed by atoms with Gasteiger partial charge in [0.2, 0.25) is 0 Å². The van der Waals surface area contributed by atoms with E-state index in [4.69, 9.17) is 12.2 Å². The van der Waals surface area contributed by atoms with Crippen molar-refractivity contribution in [3.63, 3.8) is 0 Å². The Morgan fingerprint density at radius 3 is 2.50 bits per heavy atom. The number of aromatic nitrogens is 1. The number of halogens is 1. The summed E-state index contributed by atoms with van der Waals surface area (Å²) in [6.45, 7) is 1.94. The molecule has 0 aliphatic carbocycles. The van der Waals surface area contributed by atoms with Crippen molar-refractivity contribution in [1.29, 1.82) is 0 Å². The fourth-order valence-corrected chi connectivity index (χ4v) is 1.91. The Bertz CT molecular complexity index is 554. The van der Waals surface area contributed by atoms with Crippen molar-refractivity contribution in [2.45, 2.75) is 6.92 Å². The molecule has 0 unspecified atom stereocenters. The lowest BCUT2D eigenvalue weighted by Crippen LogP contribution is -2.19. The summed E-state index contributed by atoms with van der Waals surface area (Å²) in [4.78, 5) is 4.32. The number of aryl methyl sites for hydroxylation is 1. The van der Waals surface area contributed by atoms with E-state index in [2.05, 4.69) is 31.5 Å². The Morgan fingerprint density at radius 1 is 1.11 bits per heavy atom. The zero-order chi connectivity index (χ0) is 13.0. The van der Waals surface area contributed by atoms with Crippen LogP contribution in [0.4, 0.5) is 11.5 Å². The molecule has 0 bridgehead atoms. The van der Waals surface area contributed by atoms with Crippen LogP contribution in [0.2, 0.25) is 0 Å². The summed E-state index contributed by atoms with van der Waals surface area (Å²) in [6, 6.07) is 13.6. The molecule has 0 atom stereocenters. The van der Waals surface area contributed by atoms with E-state index in [1.54, 1.807) is 0 Å². The SMILES string of the molecule is Cc1cccc(NC(=S)Nc2ccc(Br)cc2)n1. The minimum absolute atomic E-state index is 0.524. The quantitative estimate of drug-likeness (QED) is 0.821. The zero-order valence-corrected chi connectivity index (χ0v) is 12.2. The standard InChI is InChI=1S/C13H12BrN3S/c1-9-3-2-4-12(15-9)17-13(18)16-11-7-5-10(14)6-8-11/h2-8H,1H3,(H2,15,16,17,18). The summed E-state index contributed by atoms with van der Waals surface area (Å²) < 4.78 is 1.03. The summed E-state index contributed by atoms with van der Waals surface area (Å²) in [5, 5.41) is 6.66. The van der Waals surface area contributed by atoms with Gasteiger partial charge in [-0.1, -0.05) is 22.0 Å². The van der Waals surface area contributed by atoms with Gasteiger partial charge < -0.3 is 10.6 Å². The van der Waals surface area contributed by atoms with Gasteiger partial charge in [0.1, 0.15) is 5.82 Å². The van der Waals surface area contributed by atoms with Crippen molar-refractivity contribution in [3.8, 4) is 0 Å². The first-order valence-electron chi connectivity index (χ1n) is 5.41. The van der Waals surface area contributed by atoms with Crippen molar-refractivity contribution in [3.05, 3.63) is 52.6 Å². The maximum absolute atomic E-state index is 5.22. The third-order valence-electron chi connectivity index (χ3n) is 2.23. The van der Waals surface area contributed by atoms with E-state index in [9.17, 15) is 0 Å². The molecule has 1 aromatic carbocycles. The molecular formula is C13H12BrN3S. The molecule has 0 spiro atoms. The molecule has 18 heavy (non-hydrogen) atoms. The molecular weight excluding hydrogens is 310 g/mol. The van der Waals surface area contributed by atoms with Crippen LogP contribution in [0.3, 0.4) is 0 Å². The minimum atomic E-state index is 0.524. The number of nitrogens with zero attached hydrogens (tertiary/aromatic N) is 1. The van der Waals surface area contributed by atoms with E-state index in [-0.39, 0.29) is 0 Å². The monoisotopic (exact) mass is 321 g/mol. The third kappa shape index (κ3) is 3.78. The smallest absolute Gasteiger partial charge is 0.176 e. The zero-order valence-electron chi connectivity index (χ0n) is 9.77. The number of anilines is 2. The first kappa shape index (κ1) is 13.0. The average molecular weight is 322 g/mol. The molecule has 92 valence electrons. The lowest BCUT2D eigenvalue weighted by Gasteiger charge is -2.10. The molecule has 2 N–H and O–H groups in total. The Kier molecular flexibility index (Phi) is 4.28. The molecule has 2 rings (SSSR count). The lowest BCUT2D eigenvalue weighted by atomic mass is 10.3. The van der Waals surface area contributed by atoms with E-state index in [0.29, 0.717) is 5.11 Å².